The van der Waals surface area contributed by atoms with Crippen molar-refractivity contribution < 1.29 is 48.0 Å². The van der Waals surface area contributed by atoms with Crippen LogP contribution < -0.4 is 14.8 Å². The van der Waals surface area contributed by atoms with Gasteiger partial charge < -0.3 is 34.1 Å². The van der Waals surface area contributed by atoms with Gasteiger partial charge in [-0.25, -0.2) is 9.59 Å². The second kappa shape index (κ2) is 20.5. The number of hydrogen-bond donors (Lipinski definition) is 2. The van der Waals surface area contributed by atoms with Crippen LogP contribution in [0.1, 0.15) is 91.5 Å². The SMILES string of the molecule is CCCCCOC(=O)Oc1ccc(C[C@H](NCC(C)OC(=O)CCC(C)C)C(=O)O)cc1OC(=O)OCCCCC. The minimum Gasteiger partial charge on any atom is -0.480 e. The standard InChI is InChI=1S/C30H47NO10/c1-6-8-10-16-37-29(35)40-25-14-13-23(19-26(25)41-30(36)38-17-11-9-7-2)18-24(28(33)34)31-20-22(5)39-27(32)15-12-21(3)4/h13-14,19,21-22,24,31H,6-12,15-18,20H2,1-5H3,(H,33,34)/t22?,24-/m0/s1. The first-order valence-corrected chi connectivity index (χ1v) is 14.5. The number of nitrogens with one attached hydrogen (secondary N) is 1. The zero-order chi connectivity index (χ0) is 30.6. The summed E-state index contributed by atoms with van der Waals surface area (Å²) in [4.78, 5) is 48.4. The van der Waals surface area contributed by atoms with Crippen LogP contribution in [0.3, 0.4) is 0 Å². The van der Waals surface area contributed by atoms with E-state index in [-0.39, 0.29) is 43.6 Å². The van der Waals surface area contributed by atoms with Crippen molar-refractivity contribution in [1.29, 1.82) is 0 Å². The molecule has 0 fully saturated rings. The summed E-state index contributed by atoms with van der Waals surface area (Å²) in [6.45, 7) is 10.3. The van der Waals surface area contributed by atoms with E-state index in [9.17, 15) is 24.3 Å². The number of carboxylic acid groups (broad SMARTS) is 1. The fraction of sp³-hybridized carbons (Fsp3) is 0.667. The highest BCUT2D eigenvalue weighted by molar-refractivity contribution is 5.74. The maximum absolute atomic E-state index is 12.3. The van der Waals surface area contributed by atoms with Gasteiger partial charge in [-0.3, -0.25) is 9.59 Å². The number of rotatable bonds is 20. The van der Waals surface area contributed by atoms with E-state index in [1.807, 2.05) is 27.7 Å². The Bertz CT molecular complexity index is 949. The molecule has 0 heterocycles. The first kappa shape index (κ1) is 35.7. The van der Waals surface area contributed by atoms with Crippen molar-refractivity contribution in [2.75, 3.05) is 19.8 Å². The van der Waals surface area contributed by atoms with Gasteiger partial charge in [-0.2, -0.15) is 0 Å². The number of esters is 1. The second-order valence-electron chi connectivity index (χ2n) is 10.3. The molecule has 11 heteroatoms. The van der Waals surface area contributed by atoms with E-state index in [0.29, 0.717) is 37.2 Å². The van der Waals surface area contributed by atoms with Crippen LogP contribution in [0.25, 0.3) is 0 Å². The zero-order valence-electron chi connectivity index (χ0n) is 25.1. The molecule has 41 heavy (non-hydrogen) atoms. The van der Waals surface area contributed by atoms with Crippen molar-refractivity contribution in [3.8, 4) is 11.5 Å². The molecule has 2 N–H and O–H groups in total. The van der Waals surface area contributed by atoms with E-state index < -0.39 is 30.4 Å². The highest BCUT2D eigenvalue weighted by Gasteiger charge is 2.22. The predicted octanol–water partition coefficient (Wildman–Crippen LogP) is 6.05. The van der Waals surface area contributed by atoms with Gasteiger partial charge in [0.05, 0.1) is 13.2 Å². The van der Waals surface area contributed by atoms with E-state index in [4.69, 9.17) is 23.7 Å². The van der Waals surface area contributed by atoms with Crippen molar-refractivity contribution in [2.45, 2.75) is 105 Å². The summed E-state index contributed by atoms with van der Waals surface area (Å²) in [6.07, 6.45) is 3.65. The fourth-order valence-electron chi connectivity index (χ4n) is 3.62. The molecule has 0 aliphatic rings. The van der Waals surface area contributed by atoms with Crippen molar-refractivity contribution in [3.63, 3.8) is 0 Å². The highest BCUT2D eigenvalue weighted by Crippen LogP contribution is 2.30. The van der Waals surface area contributed by atoms with Gasteiger partial charge in [0.25, 0.3) is 0 Å². The van der Waals surface area contributed by atoms with E-state index >= 15 is 0 Å². The van der Waals surface area contributed by atoms with Crippen molar-refractivity contribution in [3.05, 3.63) is 23.8 Å². The summed E-state index contributed by atoms with van der Waals surface area (Å²) in [6, 6.07) is 3.35. The Morgan fingerprint density at radius 3 is 1.98 bits per heavy atom. The molecule has 0 bridgehead atoms. The lowest BCUT2D eigenvalue weighted by molar-refractivity contribution is -0.148. The normalized spacial score (nSPS) is 12.3. The molecule has 1 rings (SSSR count). The molecule has 2 atom stereocenters. The van der Waals surface area contributed by atoms with Crippen LogP contribution in [0, 0.1) is 5.92 Å². The maximum Gasteiger partial charge on any atom is 0.513 e. The third kappa shape index (κ3) is 16.5. The number of carbonyl (C=O) groups excluding carboxylic acids is 3. The van der Waals surface area contributed by atoms with E-state index in [1.54, 1.807) is 13.0 Å². The molecule has 1 aromatic carbocycles. The molecule has 1 unspecified atom stereocenters. The van der Waals surface area contributed by atoms with E-state index in [0.717, 1.165) is 25.7 Å². The molecule has 0 aliphatic heterocycles. The highest BCUT2D eigenvalue weighted by atomic mass is 16.7. The summed E-state index contributed by atoms with van der Waals surface area (Å²) in [5.41, 5.74) is 0.490. The van der Waals surface area contributed by atoms with E-state index in [2.05, 4.69) is 5.32 Å². The minimum atomic E-state index is -1.11. The summed E-state index contributed by atoms with van der Waals surface area (Å²) in [7, 11) is 0. The van der Waals surface area contributed by atoms with Crippen LogP contribution in [0.15, 0.2) is 18.2 Å². The van der Waals surface area contributed by atoms with Crippen molar-refractivity contribution in [2.24, 2.45) is 5.92 Å². The summed E-state index contributed by atoms with van der Waals surface area (Å²) in [5, 5.41) is 12.7. The lowest BCUT2D eigenvalue weighted by Gasteiger charge is -2.19. The van der Waals surface area contributed by atoms with Gasteiger partial charge in [0, 0.05) is 13.0 Å². The van der Waals surface area contributed by atoms with Gasteiger partial charge in [-0.05, 0) is 56.2 Å². The molecule has 0 spiro atoms. The van der Waals surface area contributed by atoms with Crippen molar-refractivity contribution in [1.82, 2.24) is 5.32 Å². The second-order valence-corrected chi connectivity index (χ2v) is 10.3. The number of carboxylic acids is 1. The van der Waals surface area contributed by atoms with E-state index in [1.165, 1.54) is 12.1 Å². The van der Waals surface area contributed by atoms with Gasteiger partial charge in [0.2, 0.25) is 0 Å². The smallest absolute Gasteiger partial charge is 0.480 e. The van der Waals surface area contributed by atoms with Crippen LogP contribution in [-0.2, 0) is 30.2 Å². The van der Waals surface area contributed by atoms with Gasteiger partial charge in [0.1, 0.15) is 12.1 Å². The number of ether oxygens (including phenoxy) is 5. The predicted molar refractivity (Wildman–Crippen MR) is 152 cm³/mol. The molecule has 11 nitrogen and oxygen atoms in total. The number of benzene rings is 1. The lowest BCUT2D eigenvalue weighted by atomic mass is 10.0. The Morgan fingerprint density at radius 1 is 0.854 bits per heavy atom. The topological polar surface area (TPSA) is 147 Å². The summed E-state index contributed by atoms with van der Waals surface area (Å²) in [5.74, 6) is -1.25. The monoisotopic (exact) mass is 581 g/mol. The Hall–Kier alpha value is -3.34. The molecule has 0 aliphatic carbocycles. The fourth-order valence-corrected chi connectivity index (χ4v) is 3.62. The zero-order valence-corrected chi connectivity index (χ0v) is 25.1. The van der Waals surface area contributed by atoms with Crippen LogP contribution in [0.5, 0.6) is 11.5 Å². The molecular formula is C30H47NO10. The molecular weight excluding hydrogens is 534 g/mol. The molecule has 0 saturated carbocycles. The Morgan fingerprint density at radius 2 is 1.44 bits per heavy atom. The lowest BCUT2D eigenvalue weighted by Crippen LogP contribution is -2.42. The van der Waals surface area contributed by atoms with Gasteiger partial charge in [0.15, 0.2) is 11.5 Å². The maximum atomic E-state index is 12.3. The van der Waals surface area contributed by atoms with Crippen LogP contribution in [0.2, 0.25) is 0 Å². The largest absolute Gasteiger partial charge is 0.513 e. The Balaban J connectivity index is 2.91. The number of hydrogen-bond acceptors (Lipinski definition) is 10. The Labute approximate surface area is 243 Å². The quantitative estimate of drug-likeness (QED) is 0.0802. The minimum absolute atomic E-state index is 0.00695. The molecule has 232 valence electrons. The average Bonchev–Trinajstić information content (AvgIpc) is 2.91. The van der Waals surface area contributed by atoms with Crippen molar-refractivity contribution >= 4 is 24.2 Å². The van der Waals surface area contributed by atoms with Crippen LogP contribution >= 0.6 is 0 Å². The number of carbonyl (C=O) groups is 4. The van der Waals surface area contributed by atoms with Gasteiger partial charge in [-0.15, -0.1) is 0 Å². The average molecular weight is 582 g/mol. The third-order valence-electron chi connectivity index (χ3n) is 5.98. The number of aliphatic carboxylic acids is 1. The third-order valence-corrected chi connectivity index (χ3v) is 5.98. The molecule has 0 aromatic heterocycles. The molecule has 0 radical (unpaired) electrons. The van der Waals surface area contributed by atoms with Crippen LogP contribution in [0.4, 0.5) is 9.59 Å². The summed E-state index contributed by atoms with van der Waals surface area (Å²) < 4.78 is 26.1. The first-order chi connectivity index (χ1) is 19.5. The first-order valence-electron chi connectivity index (χ1n) is 14.5. The molecule has 1 aromatic rings. The van der Waals surface area contributed by atoms with Gasteiger partial charge in [-0.1, -0.05) is 59.4 Å². The Kier molecular flexibility index (Phi) is 17.9. The molecule has 0 amide bonds. The summed E-state index contributed by atoms with van der Waals surface area (Å²) >= 11 is 0. The number of unbranched alkanes of at least 4 members (excludes halogenated alkanes) is 4. The van der Waals surface area contributed by atoms with Gasteiger partial charge >= 0.3 is 24.2 Å². The molecule has 0 saturated heterocycles. The van der Waals surface area contributed by atoms with Crippen LogP contribution in [-0.4, -0.2) is 61.3 Å².